The van der Waals surface area contributed by atoms with Crippen molar-refractivity contribution in [2.45, 2.75) is 19.4 Å². The van der Waals surface area contributed by atoms with Crippen molar-refractivity contribution in [3.8, 4) is 11.5 Å². The summed E-state index contributed by atoms with van der Waals surface area (Å²) in [7, 11) is 0. The van der Waals surface area contributed by atoms with E-state index in [-0.39, 0.29) is 31.1 Å². The van der Waals surface area contributed by atoms with E-state index in [0.717, 1.165) is 16.1 Å². The highest BCUT2D eigenvalue weighted by atomic mass is 32.1. The molecule has 0 bridgehead atoms. The van der Waals surface area contributed by atoms with Gasteiger partial charge in [-0.3, -0.25) is 9.59 Å². The molecule has 2 aliphatic heterocycles. The molecule has 1 N–H and O–H groups in total. The molecule has 30 heavy (non-hydrogen) atoms. The van der Waals surface area contributed by atoms with Gasteiger partial charge in [0.15, 0.2) is 11.5 Å². The fourth-order valence-electron chi connectivity index (χ4n) is 3.97. The second kappa shape index (κ2) is 7.50. The van der Waals surface area contributed by atoms with Gasteiger partial charge in [0.2, 0.25) is 18.6 Å². The molecule has 1 aromatic heterocycles. The van der Waals surface area contributed by atoms with Crippen LogP contribution in [-0.4, -0.2) is 18.6 Å². The van der Waals surface area contributed by atoms with E-state index < -0.39 is 5.92 Å². The molecule has 1 saturated heterocycles. The smallest absolute Gasteiger partial charge is 0.231 e. The monoisotopic (exact) mass is 420 g/mol. The Morgan fingerprint density at radius 3 is 2.67 bits per heavy atom. The summed E-state index contributed by atoms with van der Waals surface area (Å²) >= 11 is 1.56. The Morgan fingerprint density at radius 1 is 1.10 bits per heavy atom. The van der Waals surface area contributed by atoms with Gasteiger partial charge in [-0.05, 0) is 42.6 Å². The maximum Gasteiger partial charge on any atom is 0.231 e. The SMILES string of the molecule is Cc1ccc(N2C(=O)C[C@@H](C(=O)Nc3ccc4c(c3)OCO4)[C@@H]2c2cccs2)cc1. The number of fused-ring (bicyclic) bond motifs is 1. The molecule has 3 heterocycles. The topological polar surface area (TPSA) is 67.9 Å². The molecule has 0 saturated carbocycles. The predicted molar refractivity (Wildman–Crippen MR) is 115 cm³/mol. The molecular weight excluding hydrogens is 400 g/mol. The first kappa shape index (κ1) is 18.7. The van der Waals surface area contributed by atoms with Crippen molar-refractivity contribution in [1.29, 1.82) is 0 Å². The Morgan fingerprint density at radius 2 is 1.90 bits per heavy atom. The summed E-state index contributed by atoms with van der Waals surface area (Å²) in [5.74, 6) is 0.527. The number of benzene rings is 2. The largest absolute Gasteiger partial charge is 0.454 e. The summed E-state index contributed by atoms with van der Waals surface area (Å²) < 4.78 is 10.7. The zero-order chi connectivity index (χ0) is 20.7. The van der Waals surface area contributed by atoms with Gasteiger partial charge in [-0.2, -0.15) is 0 Å². The molecule has 2 aromatic carbocycles. The average Bonchev–Trinajstić information content (AvgIpc) is 3.47. The van der Waals surface area contributed by atoms with Crippen LogP contribution < -0.4 is 19.7 Å². The van der Waals surface area contributed by atoms with Crippen LogP contribution in [0, 0.1) is 12.8 Å². The van der Waals surface area contributed by atoms with E-state index in [9.17, 15) is 9.59 Å². The van der Waals surface area contributed by atoms with E-state index in [1.54, 1.807) is 34.4 Å². The van der Waals surface area contributed by atoms with Crippen LogP contribution in [-0.2, 0) is 9.59 Å². The minimum atomic E-state index is -0.497. The predicted octanol–water partition coefficient (Wildman–Crippen LogP) is 4.52. The van der Waals surface area contributed by atoms with Crippen LogP contribution in [0.1, 0.15) is 22.9 Å². The standard InChI is InChI=1S/C23H20N2O4S/c1-14-4-7-16(8-5-14)25-21(26)12-17(22(25)20-3-2-10-30-20)23(27)24-15-6-9-18-19(11-15)29-13-28-18/h2-11,17,22H,12-13H2,1H3,(H,24,27)/t17-,22-/m1/s1. The third-order valence-electron chi connectivity index (χ3n) is 5.45. The number of ether oxygens (including phenoxy) is 2. The number of rotatable bonds is 4. The van der Waals surface area contributed by atoms with E-state index in [2.05, 4.69) is 5.32 Å². The molecule has 5 rings (SSSR count). The third-order valence-corrected chi connectivity index (χ3v) is 6.39. The molecule has 2 atom stereocenters. The molecule has 2 aliphatic rings. The van der Waals surface area contributed by atoms with E-state index in [4.69, 9.17) is 9.47 Å². The van der Waals surface area contributed by atoms with Crippen molar-refractivity contribution in [3.63, 3.8) is 0 Å². The Kier molecular flexibility index (Phi) is 4.67. The zero-order valence-electron chi connectivity index (χ0n) is 16.3. The number of thiophene rings is 1. The van der Waals surface area contributed by atoms with Crippen molar-refractivity contribution >= 4 is 34.5 Å². The average molecular weight is 420 g/mol. The Bertz CT molecular complexity index is 1090. The second-order valence-corrected chi connectivity index (χ2v) is 8.41. The van der Waals surface area contributed by atoms with Gasteiger partial charge >= 0.3 is 0 Å². The number of carbonyl (C=O) groups excluding carboxylic acids is 2. The summed E-state index contributed by atoms with van der Waals surface area (Å²) in [4.78, 5) is 29.0. The van der Waals surface area contributed by atoms with E-state index >= 15 is 0 Å². The van der Waals surface area contributed by atoms with E-state index in [1.807, 2.05) is 48.7 Å². The summed E-state index contributed by atoms with van der Waals surface area (Å²) in [5.41, 5.74) is 2.55. The first-order valence-electron chi connectivity index (χ1n) is 9.73. The van der Waals surface area contributed by atoms with Crippen molar-refractivity contribution < 1.29 is 19.1 Å². The summed E-state index contributed by atoms with van der Waals surface area (Å²) in [6.07, 6.45) is 0.160. The molecule has 0 aliphatic carbocycles. The van der Waals surface area contributed by atoms with Crippen LogP contribution >= 0.6 is 11.3 Å². The molecule has 152 valence electrons. The second-order valence-electron chi connectivity index (χ2n) is 7.43. The highest BCUT2D eigenvalue weighted by molar-refractivity contribution is 7.10. The molecular formula is C23H20N2O4S. The molecule has 2 amide bonds. The van der Waals surface area contributed by atoms with Gasteiger partial charge in [0.1, 0.15) is 0 Å². The van der Waals surface area contributed by atoms with E-state index in [0.29, 0.717) is 17.2 Å². The first-order valence-corrected chi connectivity index (χ1v) is 10.6. The number of nitrogens with one attached hydrogen (secondary N) is 1. The number of anilines is 2. The highest BCUT2D eigenvalue weighted by Crippen LogP contribution is 2.43. The normalized spacial score (nSPS) is 19.9. The van der Waals surface area contributed by atoms with Crippen molar-refractivity contribution in [2.24, 2.45) is 5.92 Å². The fraction of sp³-hybridized carbons (Fsp3) is 0.217. The third kappa shape index (κ3) is 3.31. The molecule has 3 aromatic rings. The van der Waals surface area contributed by atoms with Crippen LogP contribution in [0.25, 0.3) is 0 Å². The molecule has 6 nitrogen and oxygen atoms in total. The molecule has 7 heteroatoms. The van der Waals surface area contributed by atoms with Gasteiger partial charge in [0.25, 0.3) is 0 Å². The molecule has 1 fully saturated rings. The number of hydrogen-bond acceptors (Lipinski definition) is 5. The number of nitrogens with zero attached hydrogens (tertiary/aromatic N) is 1. The lowest BCUT2D eigenvalue weighted by Crippen LogP contribution is -2.31. The summed E-state index contributed by atoms with van der Waals surface area (Å²) in [6.45, 7) is 2.18. The first-order chi connectivity index (χ1) is 14.6. The minimum Gasteiger partial charge on any atom is -0.454 e. The number of amides is 2. The molecule has 0 radical (unpaired) electrons. The molecule has 0 spiro atoms. The Labute approximate surface area is 178 Å². The van der Waals surface area contributed by atoms with Crippen molar-refractivity contribution in [3.05, 3.63) is 70.4 Å². The zero-order valence-corrected chi connectivity index (χ0v) is 17.1. The van der Waals surface area contributed by atoms with Gasteiger partial charge in [-0.15, -0.1) is 11.3 Å². The maximum absolute atomic E-state index is 13.2. The van der Waals surface area contributed by atoms with Crippen LogP contribution in [0.15, 0.2) is 60.0 Å². The van der Waals surface area contributed by atoms with Gasteiger partial charge < -0.3 is 19.7 Å². The van der Waals surface area contributed by atoms with Gasteiger partial charge in [0.05, 0.1) is 12.0 Å². The lowest BCUT2D eigenvalue weighted by molar-refractivity contribution is -0.122. The van der Waals surface area contributed by atoms with Gasteiger partial charge in [-0.25, -0.2) is 0 Å². The minimum absolute atomic E-state index is 0.0527. The van der Waals surface area contributed by atoms with Crippen LogP contribution in [0.4, 0.5) is 11.4 Å². The Hall–Kier alpha value is -3.32. The number of carbonyl (C=O) groups is 2. The Balaban J connectivity index is 1.45. The highest BCUT2D eigenvalue weighted by Gasteiger charge is 2.45. The number of hydrogen-bond donors (Lipinski definition) is 1. The van der Waals surface area contributed by atoms with Crippen LogP contribution in [0.3, 0.4) is 0 Å². The van der Waals surface area contributed by atoms with E-state index in [1.165, 1.54) is 0 Å². The maximum atomic E-state index is 13.2. The van der Waals surface area contributed by atoms with Crippen LogP contribution in [0.5, 0.6) is 11.5 Å². The van der Waals surface area contributed by atoms with Gasteiger partial charge in [0, 0.05) is 28.7 Å². The molecule has 0 unspecified atom stereocenters. The number of aryl methyl sites for hydroxylation is 1. The lowest BCUT2D eigenvalue weighted by atomic mass is 9.97. The van der Waals surface area contributed by atoms with Crippen LogP contribution in [0.2, 0.25) is 0 Å². The van der Waals surface area contributed by atoms with Crippen molar-refractivity contribution in [2.75, 3.05) is 17.0 Å². The quantitative estimate of drug-likeness (QED) is 0.674. The lowest BCUT2D eigenvalue weighted by Gasteiger charge is -2.27. The fourth-order valence-corrected chi connectivity index (χ4v) is 4.85. The summed E-state index contributed by atoms with van der Waals surface area (Å²) in [6, 6.07) is 16.7. The summed E-state index contributed by atoms with van der Waals surface area (Å²) in [5, 5.41) is 4.93. The van der Waals surface area contributed by atoms with Gasteiger partial charge in [-0.1, -0.05) is 23.8 Å². The van der Waals surface area contributed by atoms with Crippen molar-refractivity contribution in [1.82, 2.24) is 0 Å².